The minimum Gasteiger partial charge on any atom is -0.347 e. The number of likely N-dealkylation sites (tertiary alicyclic amines) is 1. The lowest BCUT2D eigenvalue weighted by Gasteiger charge is -2.40. The van der Waals surface area contributed by atoms with Crippen LogP contribution in [0.2, 0.25) is 0 Å². The predicted molar refractivity (Wildman–Crippen MR) is 104 cm³/mol. The highest BCUT2D eigenvalue weighted by molar-refractivity contribution is 5.99. The fourth-order valence-electron chi connectivity index (χ4n) is 4.64. The predicted octanol–water partition coefficient (Wildman–Crippen LogP) is 1.71. The molecule has 0 saturated carbocycles. The van der Waals surface area contributed by atoms with Crippen molar-refractivity contribution in [2.24, 2.45) is 0 Å². The summed E-state index contributed by atoms with van der Waals surface area (Å²) >= 11 is 0. The number of aryl methyl sites for hydroxylation is 1. The van der Waals surface area contributed by atoms with Crippen molar-refractivity contribution >= 4 is 17.5 Å². The van der Waals surface area contributed by atoms with Crippen LogP contribution in [0.1, 0.15) is 40.9 Å². The quantitative estimate of drug-likeness (QED) is 0.676. The highest BCUT2D eigenvalue weighted by Crippen LogP contribution is 2.44. The Labute approximate surface area is 163 Å². The van der Waals surface area contributed by atoms with Gasteiger partial charge in [0, 0.05) is 45.0 Å². The first-order valence-electron chi connectivity index (χ1n) is 9.69. The van der Waals surface area contributed by atoms with Gasteiger partial charge in [0.15, 0.2) is 5.65 Å². The van der Waals surface area contributed by atoms with E-state index in [9.17, 15) is 4.79 Å². The van der Waals surface area contributed by atoms with E-state index < -0.39 is 0 Å². The van der Waals surface area contributed by atoms with Crippen molar-refractivity contribution < 1.29 is 4.79 Å². The minimum absolute atomic E-state index is 0.0213. The van der Waals surface area contributed by atoms with Gasteiger partial charge in [-0.1, -0.05) is 0 Å². The summed E-state index contributed by atoms with van der Waals surface area (Å²) in [6, 6.07) is 3.70. The number of hydrogen-bond donors (Lipinski definition) is 0. The molecule has 0 aromatic carbocycles. The minimum atomic E-state index is -0.0737. The molecule has 1 saturated heterocycles. The Morgan fingerprint density at radius 1 is 1.29 bits per heavy atom. The van der Waals surface area contributed by atoms with E-state index in [-0.39, 0.29) is 11.3 Å². The van der Waals surface area contributed by atoms with Crippen molar-refractivity contribution in [3.05, 3.63) is 47.7 Å². The van der Waals surface area contributed by atoms with Gasteiger partial charge in [-0.2, -0.15) is 0 Å². The van der Waals surface area contributed by atoms with Gasteiger partial charge in [-0.3, -0.25) is 9.20 Å². The lowest BCUT2D eigenvalue weighted by atomic mass is 9.77. The third kappa shape index (κ3) is 2.55. The molecule has 1 aliphatic heterocycles. The zero-order valence-electron chi connectivity index (χ0n) is 16.2. The van der Waals surface area contributed by atoms with E-state index in [0.29, 0.717) is 17.8 Å². The molecule has 3 aromatic rings. The fourth-order valence-corrected chi connectivity index (χ4v) is 4.64. The maximum atomic E-state index is 13.3. The molecule has 1 spiro atoms. The molecule has 1 unspecified atom stereocenters. The zero-order valence-corrected chi connectivity index (χ0v) is 16.2. The smallest absolute Gasteiger partial charge is 0.257 e. The van der Waals surface area contributed by atoms with Gasteiger partial charge in [-0.15, -0.1) is 10.2 Å². The molecule has 4 heterocycles. The summed E-state index contributed by atoms with van der Waals surface area (Å²) in [5.41, 5.74) is 3.49. The van der Waals surface area contributed by atoms with Crippen LogP contribution in [0, 0.1) is 0 Å². The maximum absolute atomic E-state index is 13.3. The number of carbonyl (C=O) groups excluding carboxylic acids is 1. The van der Waals surface area contributed by atoms with Crippen LogP contribution in [0.5, 0.6) is 0 Å². The van der Waals surface area contributed by atoms with Crippen LogP contribution < -0.4 is 4.90 Å². The third-order valence-corrected chi connectivity index (χ3v) is 6.05. The number of fused-ring (bicyclic) bond motifs is 3. The summed E-state index contributed by atoms with van der Waals surface area (Å²) in [7, 11) is 3.92. The second-order valence-electron chi connectivity index (χ2n) is 8.03. The van der Waals surface area contributed by atoms with Crippen molar-refractivity contribution in [2.45, 2.75) is 31.1 Å². The number of anilines is 1. The average molecular weight is 377 g/mol. The molecule has 0 N–H and O–H groups in total. The second-order valence-corrected chi connectivity index (χ2v) is 8.03. The summed E-state index contributed by atoms with van der Waals surface area (Å²) in [6.07, 6.45) is 9.47. The molecule has 8 nitrogen and oxygen atoms in total. The fraction of sp³-hybridized carbons (Fsp3) is 0.450. The Kier molecular flexibility index (Phi) is 3.82. The van der Waals surface area contributed by atoms with E-state index in [1.807, 2.05) is 48.4 Å². The normalized spacial score (nSPS) is 21.3. The molecule has 1 atom stereocenters. The van der Waals surface area contributed by atoms with Crippen LogP contribution >= 0.6 is 0 Å². The van der Waals surface area contributed by atoms with E-state index in [1.165, 1.54) is 5.56 Å². The molecule has 1 fully saturated rings. The number of piperidine rings is 1. The Bertz CT molecular complexity index is 1060. The van der Waals surface area contributed by atoms with E-state index in [2.05, 4.69) is 15.2 Å². The van der Waals surface area contributed by atoms with E-state index in [1.54, 1.807) is 10.7 Å². The van der Waals surface area contributed by atoms with Gasteiger partial charge in [-0.25, -0.2) is 9.97 Å². The molecule has 144 valence electrons. The summed E-state index contributed by atoms with van der Waals surface area (Å²) in [4.78, 5) is 26.6. The molecule has 0 radical (unpaired) electrons. The van der Waals surface area contributed by atoms with E-state index >= 15 is 0 Å². The van der Waals surface area contributed by atoms with Crippen LogP contribution in [0.4, 0.5) is 5.95 Å². The molecule has 1 aliphatic carbocycles. The molecule has 5 rings (SSSR count). The van der Waals surface area contributed by atoms with Crippen molar-refractivity contribution in [3.8, 4) is 0 Å². The summed E-state index contributed by atoms with van der Waals surface area (Å²) in [5, 5.41) is 8.07. The summed E-state index contributed by atoms with van der Waals surface area (Å²) in [5.74, 6) is 0.754. The molecule has 2 aliphatic rings. The Balaban J connectivity index is 1.49. The molecule has 0 bridgehead atoms. The first-order valence-corrected chi connectivity index (χ1v) is 9.69. The van der Waals surface area contributed by atoms with Gasteiger partial charge in [-0.05, 0) is 43.4 Å². The number of pyridine rings is 1. The van der Waals surface area contributed by atoms with Gasteiger partial charge in [0.25, 0.3) is 5.91 Å². The maximum Gasteiger partial charge on any atom is 0.257 e. The molecule has 28 heavy (non-hydrogen) atoms. The van der Waals surface area contributed by atoms with Crippen LogP contribution in [0.3, 0.4) is 0 Å². The van der Waals surface area contributed by atoms with Gasteiger partial charge in [0.05, 0.1) is 11.3 Å². The van der Waals surface area contributed by atoms with Crippen molar-refractivity contribution in [1.82, 2.24) is 29.5 Å². The molecular weight excluding hydrogens is 354 g/mol. The number of hydrogen-bond acceptors (Lipinski definition) is 6. The van der Waals surface area contributed by atoms with Gasteiger partial charge in [0.2, 0.25) is 5.95 Å². The summed E-state index contributed by atoms with van der Waals surface area (Å²) < 4.78 is 1.79. The lowest BCUT2D eigenvalue weighted by Crippen LogP contribution is -2.48. The van der Waals surface area contributed by atoms with Gasteiger partial charge >= 0.3 is 0 Å². The number of carbonyl (C=O) groups is 1. The van der Waals surface area contributed by atoms with Crippen molar-refractivity contribution in [3.63, 3.8) is 0 Å². The Morgan fingerprint density at radius 2 is 2.18 bits per heavy atom. The van der Waals surface area contributed by atoms with Crippen LogP contribution in [0.15, 0.2) is 30.9 Å². The van der Waals surface area contributed by atoms with Crippen LogP contribution in [0.25, 0.3) is 5.65 Å². The number of amides is 1. The Morgan fingerprint density at radius 3 is 3.04 bits per heavy atom. The monoisotopic (exact) mass is 377 g/mol. The molecule has 1 amide bonds. The second kappa shape index (κ2) is 6.25. The highest BCUT2D eigenvalue weighted by atomic mass is 16.2. The van der Waals surface area contributed by atoms with E-state index in [0.717, 1.165) is 43.9 Å². The largest absolute Gasteiger partial charge is 0.347 e. The number of nitrogens with zero attached hydrogens (tertiary/aromatic N) is 7. The topological polar surface area (TPSA) is 79.5 Å². The molecular formula is C20H23N7O. The van der Waals surface area contributed by atoms with Gasteiger partial charge in [0.1, 0.15) is 6.33 Å². The SMILES string of the molecule is CN(C)c1ncc2c(n1)C1(CCCN(C(=O)c3cccn4cnnc34)C1)CC2. The van der Waals surface area contributed by atoms with Crippen LogP contribution in [-0.4, -0.2) is 62.6 Å². The van der Waals surface area contributed by atoms with Crippen LogP contribution in [-0.2, 0) is 11.8 Å². The molecule has 3 aromatic heterocycles. The Hall–Kier alpha value is -3.03. The number of rotatable bonds is 2. The standard InChI is InChI=1S/C20H23N7O/c1-25(2)19-21-11-14-6-8-20(16(14)23-19)7-4-10-26(12-20)18(28)15-5-3-9-27-13-22-24-17(15)27/h3,5,9,11,13H,4,6-8,10,12H2,1-2H3. The van der Waals surface area contributed by atoms with Crippen molar-refractivity contribution in [1.29, 1.82) is 0 Å². The third-order valence-electron chi connectivity index (χ3n) is 6.05. The average Bonchev–Trinajstić information content (AvgIpc) is 3.32. The zero-order chi connectivity index (χ0) is 19.3. The molecule has 8 heteroatoms. The summed E-state index contributed by atoms with van der Waals surface area (Å²) in [6.45, 7) is 1.45. The van der Waals surface area contributed by atoms with Crippen molar-refractivity contribution in [2.75, 3.05) is 32.1 Å². The van der Waals surface area contributed by atoms with E-state index in [4.69, 9.17) is 4.98 Å². The first-order chi connectivity index (χ1) is 13.6. The lowest BCUT2D eigenvalue weighted by molar-refractivity contribution is 0.0635. The van der Waals surface area contributed by atoms with Gasteiger partial charge < -0.3 is 9.80 Å². The highest BCUT2D eigenvalue weighted by Gasteiger charge is 2.45. The first kappa shape index (κ1) is 17.1. The number of aromatic nitrogens is 5.